The van der Waals surface area contributed by atoms with Crippen molar-refractivity contribution in [1.82, 2.24) is 4.98 Å². The Morgan fingerprint density at radius 2 is 2.35 bits per heavy atom. The fourth-order valence-electron chi connectivity index (χ4n) is 1.47. The predicted molar refractivity (Wildman–Crippen MR) is 62.1 cm³/mol. The lowest BCUT2D eigenvalue weighted by molar-refractivity contribution is -0.142. The zero-order valence-corrected chi connectivity index (χ0v) is 9.78. The van der Waals surface area contributed by atoms with Crippen LogP contribution < -0.4 is 5.76 Å². The number of benzene rings is 1. The Bertz CT molecular complexity index is 601. The highest BCUT2D eigenvalue weighted by Crippen LogP contribution is 2.24. The average Bonchev–Trinajstić information content (AvgIpc) is 2.67. The van der Waals surface area contributed by atoms with Gasteiger partial charge in [0.25, 0.3) is 0 Å². The van der Waals surface area contributed by atoms with Crippen LogP contribution in [0.15, 0.2) is 27.4 Å². The molecule has 0 bridgehead atoms. The zero-order valence-electron chi connectivity index (χ0n) is 9.03. The van der Waals surface area contributed by atoms with Crippen molar-refractivity contribution in [2.45, 2.75) is 12.3 Å². The summed E-state index contributed by atoms with van der Waals surface area (Å²) in [7, 11) is 0. The SMILES string of the molecule is CCOC(=O)C(Cl)c1ccc2[nH]c(=O)oc2c1. The maximum atomic E-state index is 11.4. The molecule has 2 aromatic rings. The molecule has 1 heterocycles. The van der Waals surface area contributed by atoms with Crippen LogP contribution in [0.2, 0.25) is 0 Å². The molecule has 1 aromatic carbocycles. The number of fused-ring (bicyclic) bond motifs is 1. The van der Waals surface area contributed by atoms with Gasteiger partial charge in [0.15, 0.2) is 11.0 Å². The van der Waals surface area contributed by atoms with Crippen LogP contribution in [0, 0.1) is 0 Å². The minimum Gasteiger partial charge on any atom is -0.465 e. The lowest BCUT2D eigenvalue weighted by Crippen LogP contribution is -2.10. The normalized spacial score (nSPS) is 12.6. The number of rotatable bonds is 3. The van der Waals surface area contributed by atoms with Crippen LogP contribution in [0.3, 0.4) is 0 Å². The summed E-state index contributed by atoms with van der Waals surface area (Å²) in [5, 5.41) is -0.903. The monoisotopic (exact) mass is 255 g/mol. The van der Waals surface area contributed by atoms with Crippen molar-refractivity contribution in [1.29, 1.82) is 0 Å². The van der Waals surface area contributed by atoms with E-state index in [1.807, 2.05) is 0 Å². The molecule has 2 rings (SSSR count). The number of halogens is 1. The van der Waals surface area contributed by atoms with E-state index in [-0.39, 0.29) is 6.61 Å². The number of esters is 1. The first-order chi connectivity index (χ1) is 8.11. The maximum absolute atomic E-state index is 11.4. The van der Waals surface area contributed by atoms with Gasteiger partial charge >= 0.3 is 11.7 Å². The molecule has 0 spiro atoms. The maximum Gasteiger partial charge on any atom is 0.417 e. The molecule has 0 aliphatic carbocycles. The highest BCUT2D eigenvalue weighted by Gasteiger charge is 2.19. The number of hydrogen-bond donors (Lipinski definition) is 1. The van der Waals surface area contributed by atoms with E-state index in [9.17, 15) is 9.59 Å². The topological polar surface area (TPSA) is 72.3 Å². The number of alkyl halides is 1. The van der Waals surface area contributed by atoms with E-state index in [2.05, 4.69) is 4.98 Å². The van der Waals surface area contributed by atoms with Gasteiger partial charge in [-0.2, -0.15) is 0 Å². The molecular weight excluding hydrogens is 246 g/mol. The highest BCUT2D eigenvalue weighted by molar-refractivity contribution is 6.30. The summed E-state index contributed by atoms with van der Waals surface area (Å²) in [5.74, 6) is -1.06. The van der Waals surface area contributed by atoms with Gasteiger partial charge in [0.2, 0.25) is 0 Å². The van der Waals surface area contributed by atoms with Crippen LogP contribution in [0.25, 0.3) is 11.1 Å². The molecule has 1 unspecified atom stereocenters. The molecule has 0 aliphatic heterocycles. The summed E-state index contributed by atoms with van der Waals surface area (Å²) in [4.78, 5) is 24.9. The summed E-state index contributed by atoms with van der Waals surface area (Å²) < 4.78 is 9.68. The average molecular weight is 256 g/mol. The van der Waals surface area contributed by atoms with E-state index in [1.165, 1.54) is 0 Å². The molecule has 0 radical (unpaired) electrons. The summed E-state index contributed by atoms with van der Waals surface area (Å²) in [6.45, 7) is 1.97. The Morgan fingerprint density at radius 1 is 1.59 bits per heavy atom. The number of carbonyl (C=O) groups is 1. The van der Waals surface area contributed by atoms with Crippen LogP contribution in [-0.2, 0) is 9.53 Å². The van der Waals surface area contributed by atoms with Crippen molar-refractivity contribution in [3.63, 3.8) is 0 Å². The first-order valence-corrected chi connectivity index (χ1v) is 5.49. The first kappa shape index (κ1) is 11.7. The van der Waals surface area contributed by atoms with Crippen LogP contribution in [-0.4, -0.2) is 17.6 Å². The van der Waals surface area contributed by atoms with Crippen LogP contribution in [0.5, 0.6) is 0 Å². The zero-order chi connectivity index (χ0) is 12.4. The number of nitrogens with one attached hydrogen (secondary N) is 1. The van der Waals surface area contributed by atoms with Gasteiger partial charge < -0.3 is 9.15 Å². The predicted octanol–water partition coefficient (Wildman–Crippen LogP) is 1.96. The van der Waals surface area contributed by atoms with Gasteiger partial charge in [-0.25, -0.2) is 4.79 Å². The summed E-state index contributed by atoms with van der Waals surface area (Å²) in [6, 6.07) is 4.81. The fraction of sp³-hybridized carbons (Fsp3) is 0.273. The molecule has 0 amide bonds. The number of carbonyl (C=O) groups excluding carboxylic acids is 1. The number of aromatic amines is 1. The van der Waals surface area contributed by atoms with Gasteiger partial charge in [0, 0.05) is 0 Å². The van der Waals surface area contributed by atoms with E-state index in [0.29, 0.717) is 16.7 Å². The molecule has 6 heteroatoms. The van der Waals surface area contributed by atoms with Gasteiger partial charge in [0.05, 0.1) is 12.1 Å². The lowest BCUT2D eigenvalue weighted by atomic mass is 10.1. The molecule has 1 N–H and O–H groups in total. The van der Waals surface area contributed by atoms with Gasteiger partial charge in [-0.1, -0.05) is 6.07 Å². The second-order valence-corrected chi connectivity index (χ2v) is 3.82. The van der Waals surface area contributed by atoms with Crippen molar-refractivity contribution in [2.24, 2.45) is 0 Å². The van der Waals surface area contributed by atoms with E-state index < -0.39 is 17.1 Å². The Balaban J connectivity index is 2.35. The van der Waals surface area contributed by atoms with Crippen LogP contribution in [0.4, 0.5) is 0 Å². The Kier molecular flexibility index (Phi) is 3.19. The molecule has 0 fully saturated rings. The molecular formula is C11H10ClNO4. The second-order valence-electron chi connectivity index (χ2n) is 3.38. The van der Waals surface area contributed by atoms with Gasteiger partial charge in [0.1, 0.15) is 0 Å². The van der Waals surface area contributed by atoms with Crippen LogP contribution in [0.1, 0.15) is 17.9 Å². The van der Waals surface area contributed by atoms with E-state index in [0.717, 1.165) is 0 Å². The largest absolute Gasteiger partial charge is 0.465 e. The van der Waals surface area contributed by atoms with Crippen molar-refractivity contribution < 1.29 is 13.9 Å². The van der Waals surface area contributed by atoms with Gasteiger partial charge in [-0.15, -0.1) is 11.6 Å². The third kappa shape index (κ3) is 2.34. The molecule has 90 valence electrons. The highest BCUT2D eigenvalue weighted by atomic mass is 35.5. The molecule has 0 saturated heterocycles. The molecule has 17 heavy (non-hydrogen) atoms. The molecule has 0 saturated carbocycles. The molecule has 1 aromatic heterocycles. The van der Waals surface area contributed by atoms with Crippen molar-refractivity contribution in [3.05, 3.63) is 34.3 Å². The Hall–Kier alpha value is -1.75. The van der Waals surface area contributed by atoms with Crippen molar-refractivity contribution >= 4 is 28.7 Å². The summed E-state index contributed by atoms with van der Waals surface area (Å²) in [5.41, 5.74) is 1.45. The fourth-order valence-corrected chi connectivity index (χ4v) is 1.67. The Morgan fingerprint density at radius 3 is 3.06 bits per heavy atom. The minimum atomic E-state index is -0.903. The van der Waals surface area contributed by atoms with E-state index in [1.54, 1.807) is 25.1 Å². The van der Waals surface area contributed by atoms with Gasteiger partial charge in [-0.3, -0.25) is 9.78 Å². The van der Waals surface area contributed by atoms with E-state index in [4.69, 9.17) is 20.8 Å². The number of H-pyrrole nitrogens is 1. The molecule has 5 nitrogen and oxygen atoms in total. The number of ether oxygens (including phenoxy) is 1. The molecule has 1 atom stereocenters. The standard InChI is InChI=1S/C11H10ClNO4/c1-2-16-10(14)9(12)6-3-4-7-8(5-6)17-11(15)13-7/h3-5,9H,2H2,1H3,(H,13,15). The molecule has 0 aliphatic rings. The number of aromatic nitrogens is 1. The third-order valence-electron chi connectivity index (χ3n) is 2.23. The van der Waals surface area contributed by atoms with Crippen LogP contribution >= 0.6 is 11.6 Å². The summed E-state index contributed by atoms with van der Waals surface area (Å²) >= 11 is 5.94. The Labute approximate surface area is 101 Å². The smallest absolute Gasteiger partial charge is 0.417 e. The quantitative estimate of drug-likeness (QED) is 0.672. The second kappa shape index (κ2) is 4.63. The lowest BCUT2D eigenvalue weighted by Gasteiger charge is -2.08. The third-order valence-corrected chi connectivity index (χ3v) is 2.66. The first-order valence-electron chi connectivity index (χ1n) is 5.05. The number of oxazole rings is 1. The van der Waals surface area contributed by atoms with Gasteiger partial charge in [-0.05, 0) is 24.6 Å². The van der Waals surface area contributed by atoms with Crippen molar-refractivity contribution in [3.8, 4) is 0 Å². The summed E-state index contributed by atoms with van der Waals surface area (Å²) in [6.07, 6.45) is 0. The van der Waals surface area contributed by atoms with E-state index >= 15 is 0 Å². The van der Waals surface area contributed by atoms with Crippen molar-refractivity contribution in [2.75, 3.05) is 6.61 Å². The number of hydrogen-bond acceptors (Lipinski definition) is 4. The minimum absolute atomic E-state index is 0.267.